The second kappa shape index (κ2) is 6.21. The van der Waals surface area contributed by atoms with Crippen LogP contribution in [0, 0.1) is 10.6 Å². The van der Waals surface area contributed by atoms with Crippen LogP contribution in [-0.4, -0.2) is 21.1 Å². The van der Waals surface area contributed by atoms with E-state index in [4.69, 9.17) is 23.8 Å². The highest BCUT2D eigenvalue weighted by atomic mass is 35.5. The van der Waals surface area contributed by atoms with Gasteiger partial charge >= 0.3 is 0 Å². The number of rotatable bonds is 3. The number of aromatic amines is 1. The Hall–Kier alpha value is -2.31. The summed E-state index contributed by atoms with van der Waals surface area (Å²) < 4.78 is 14.8. The average molecular weight is 333 g/mol. The largest absolute Gasteiger partial charge is 0.250 e. The molecule has 0 bridgehead atoms. The molecule has 0 saturated heterocycles. The molecule has 4 nitrogen and oxygen atoms in total. The van der Waals surface area contributed by atoms with Gasteiger partial charge in [0.2, 0.25) is 4.77 Å². The number of nitrogens with zero attached hydrogens (tertiary/aromatic N) is 3. The smallest absolute Gasteiger partial charge is 0.216 e. The van der Waals surface area contributed by atoms with E-state index < -0.39 is 0 Å². The van der Waals surface area contributed by atoms with Gasteiger partial charge in [-0.3, -0.25) is 0 Å². The third-order valence-corrected chi connectivity index (χ3v) is 3.58. The van der Waals surface area contributed by atoms with Gasteiger partial charge in [0.15, 0.2) is 5.82 Å². The maximum Gasteiger partial charge on any atom is 0.216 e. The van der Waals surface area contributed by atoms with Crippen molar-refractivity contribution in [1.29, 1.82) is 0 Å². The number of hydrogen-bond donors (Lipinski definition) is 1. The Bertz CT molecular complexity index is 883. The fraction of sp³-hybridized carbons (Fsp3) is 0. The number of hydrogen-bond acceptors (Lipinski definition) is 3. The SMILES string of the molecule is Fc1ccc(-c2n[nH]c(=S)n2N=Cc2ccccc2Cl)cc1. The maximum absolute atomic E-state index is 13.0. The summed E-state index contributed by atoms with van der Waals surface area (Å²) in [5.74, 6) is 0.178. The Morgan fingerprint density at radius 3 is 2.64 bits per heavy atom. The predicted molar refractivity (Wildman–Crippen MR) is 87.2 cm³/mol. The van der Waals surface area contributed by atoms with Crippen molar-refractivity contribution in [3.63, 3.8) is 0 Å². The molecule has 22 heavy (non-hydrogen) atoms. The lowest BCUT2D eigenvalue weighted by Gasteiger charge is -2.01. The van der Waals surface area contributed by atoms with E-state index in [9.17, 15) is 4.39 Å². The molecule has 1 aromatic heterocycles. The summed E-state index contributed by atoms with van der Waals surface area (Å²) in [6.07, 6.45) is 1.60. The number of aromatic nitrogens is 3. The Balaban J connectivity index is 2.01. The molecule has 0 radical (unpaired) electrons. The normalized spacial score (nSPS) is 11.2. The zero-order chi connectivity index (χ0) is 15.5. The van der Waals surface area contributed by atoms with E-state index in [-0.39, 0.29) is 5.82 Å². The van der Waals surface area contributed by atoms with E-state index in [0.717, 1.165) is 5.56 Å². The second-order valence-corrected chi connectivity index (χ2v) is 5.23. The van der Waals surface area contributed by atoms with Crippen LogP contribution in [-0.2, 0) is 0 Å². The van der Waals surface area contributed by atoms with Gasteiger partial charge in [-0.2, -0.15) is 14.9 Å². The highest BCUT2D eigenvalue weighted by molar-refractivity contribution is 7.71. The van der Waals surface area contributed by atoms with E-state index in [1.165, 1.54) is 16.8 Å². The van der Waals surface area contributed by atoms with Gasteiger partial charge in [0, 0.05) is 16.1 Å². The Labute approximate surface area is 135 Å². The van der Waals surface area contributed by atoms with Crippen molar-refractivity contribution in [2.45, 2.75) is 0 Å². The molecule has 3 aromatic rings. The van der Waals surface area contributed by atoms with Crippen molar-refractivity contribution in [2.24, 2.45) is 5.10 Å². The summed E-state index contributed by atoms with van der Waals surface area (Å²) in [6, 6.07) is 13.3. The van der Waals surface area contributed by atoms with E-state index >= 15 is 0 Å². The summed E-state index contributed by atoms with van der Waals surface area (Å²) >= 11 is 11.3. The topological polar surface area (TPSA) is 46.0 Å². The number of halogens is 2. The molecule has 0 saturated carbocycles. The maximum atomic E-state index is 13.0. The van der Waals surface area contributed by atoms with Gasteiger partial charge < -0.3 is 0 Å². The molecule has 0 amide bonds. The van der Waals surface area contributed by atoms with Crippen molar-refractivity contribution >= 4 is 30.0 Å². The lowest BCUT2D eigenvalue weighted by atomic mass is 10.2. The first kappa shape index (κ1) is 14.6. The minimum Gasteiger partial charge on any atom is -0.250 e. The van der Waals surface area contributed by atoms with Crippen molar-refractivity contribution in [2.75, 3.05) is 0 Å². The minimum atomic E-state index is -0.316. The molecule has 1 N–H and O–H groups in total. The molecule has 3 rings (SSSR count). The molecule has 0 aliphatic rings. The van der Waals surface area contributed by atoms with Crippen molar-refractivity contribution < 1.29 is 4.39 Å². The van der Waals surface area contributed by atoms with Crippen LogP contribution >= 0.6 is 23.8 Å². The lowest BCUT2D eigenvalue weighted by molar-refractivity contribution is 0.628. The monoisotopic (exact) mass is 332 g/mol. The first-order valence-electron chi connectivity index (χ1n) is 6.37. The summed E-state index contributed by atoms with van der Waals surface area (Å²) in [5, 5.41) is 11.7. The Kier molecular flexibility index (Phi) is 4.13. The van der Waals surface area contributed by atoms with Gasteiger partial charge in [-0.15, -0.1) is 0 Å². The average Bonchev–Trinajstić information content (AvgIpc) is 2.88. The summed E-state index contributed by atoms with van der Waals surface area (Å²) in [5.41, 5.74) is 1.46. The zero-order valence-electron chi connectivity index (χ0n) is 11.2. The molecule has 0 spiro atoms. The molecule has 2 aromatic carbocycles. The molecule has 0 aliphatic carbocycles. The molecule has 110 valence electrons. The van der Waals surface area contributed by atoms with Crippen LogP contribution in [0.1, 0.15) is 5.56 Å². The van der Waals surface area contributed by atoms with Crippen LogP contribution in [0.25, 0.3) is 11.4 Å². The van der Waals surface area contributed by atoms with Crippen molar-refractivity contribution in [3.8, 4) is 11.4 Å². The number of nitrogens with one attached hydrogen (secondary N) is 1. The molecule has 0 aliphatic heterocycles. The van der Waals surface area contributed by atoms with Gasteiger partial charge in [0.05, 0.1) is 6.21 Å². The Morgan fingerprint density at radius 1 is 1.18 bits per heavy atom. The van der Waals surface area contributed by atoms with Crippen molar-refractivity contribution in [1.82, 2.24) is 14.9 Å². The van der Waals surface area contributed by atoms with E-state index in [1.54, 1.807) is 24.4 Å². The summed E-state index contributed by atoms with van der Waals surface area (Å²) in [7, 11) is 0. The Morgan fingerprint density at radius 2 is 1.91 bits per heavy atom. The lowest BCUT2D eigenvalue weighted by Crippen LogP contribution is -1.95. The molecular weight excluding hydrogens is 323 g/mol. The fourth-order valence-electron chi connectivity index (χ4n) is 1.88. The molecule has 0 fully saturated rings. The second-order valence-electron chi connectivity index (χ2n) is 4.44. The molecule has 0 atom stereocenters. The third-order valence-electron chi connectivity index (χ3n) is 2.97. The van der Waals surface area contributed by atoms with E-state index in [0.29, 0.717) is 21.2 Å². The van der Waals surface area contributed by atoms with Crippen LogP contribution in [0.3, 0.4) is 0 Å². The van der Waals surface area contributed by atoms with Gasteiger partial charge in [0.1, 0.15) is 5.82 Å². The predicted octanol–water partition coefficient (Wildman–Crippen LogP) is 4.28. The van der Waals surface area contributed by atoms with E-state index in [1.807, 2.05) is 18.2 Å². The molecular formula is C15H10ClFN4S. The minimum absolute atomic E-state index is 0.316. The van der Waals surface area contributed by atoms with E-state index in [2.05, 4.69) is 15.3 Å². The van der Waals surface area contributed by atoms with Crippen LogP contribution < -0.4 is 0 Å². The third kappa shape index (κ3) is 2.98. The highest BCUT2D eigenvalue weighted by Crippen LogP contribution is 2.18. The molecule has 1 heterocycles. The fourth-order valence-corrected chi connectivity index (χ4v) is 2.25. The number of benzene rings is 2. The first-order valence-corrected chi connectivity index (χ1v) is 7.16. The van der Waals surface area contributed by atoms with Crippen LogP contribution in [0.2, 0.25) is 5.02 Å². The van der Waals surface area contributed by atoms with Gasteiger partial charge in [-0.25, -0.2) is 9.49 Å². The summed E-state index contributed by atoms with van der Waals surface area (Å²) in [4.78, 5) is 0. The van der Waals surface area contributed by atoms with Crippen LogP contribution in [0.5, 0.6) is 0 Å². The first-order chi connectivity index (χ1) is 10.6. The highest BCUT2D eigenvalue weighted by Gasteiger charge is 2.08. The number of H-pyrrole nitrogens is 1. The van der Waals surface area contributed by atoms with Crippen molar-refractivity contribution in [3.05, 3.63) is 69.7 Å². The standard InChI is InChI=1S/C15H10ClFN4S/c16-13-4-2-1-3-11(13)9-18-21-14(19-20-15(21)22)10-5-7-12(17)8-6-10/h1-9H,(H,20,22). The van der Waals surface area contributed by atoms with Gasteiger partial charge in [0.25, 0.3) is 0 Å². The quantitative estimate of drug-likeness (QED) is 0.574. The zero-order valence-corrected chi connectivity index (χ0v) is 12.8. The van der Waals surface area contributed by atoms with Gasteiger partial charge in [-0.1, -0.05) is 29.8 Å². The van der Waals surface area contributed by atoms with Crippen LogP contribution in [0.15, 0.2) is 53.6 Å². The molecule has 0 unspecified atom stereocenters. The molecule has 7 heteroatoms. The van der Waals surface area contributed by atoms with Crippen LogP contribution in [0.4, 0.5) is 4.39 Å². The van der Waals surface area contributed by atoms with Gasteiger partial charge in [-0.05, 0) is 42.5 Å². The summed E-state index contributed by atoms with van der Waals surface area (Å²) in [6.45, 7) is 0.